The van der Waals surface area contributed by atoms with Gasteiger partial charge in [-0.2, -0.15) is 0 Å². The van der Waals surface area contributed by atoms with Gasteiger partial charge in [-0.1, -0.05) is 20.8 Å². The van der Waals surface area contributed by atoms with Gasteiger partial charge in [0.2, 0.25) is 5.78 Å². The molecule has 0 saturated heterocycles. The maximum Gasteiger partial charge on any atom is 0.372 e. The molecule has 0 aromatic rings. The van der Waals surface area contributed by atoms with Crippen LogP contribution in [0, 0.1) is 0 Å². The monoisotopic (exact) mass is 392 g/mol. The first-order valence-electron chi connectivity index (χ1n) is 8.68. The third-order valence-corrected chi connectivity index (χ3v) is 8.69. The second-order valence-electron chi connectivity index (χ2n) is 7.28. The van der Waals surface area contributed by atoms with Gasteiger partial charge < -0.3 is 23.7 Å². The molecule has 0 unspecified atom stereocenters. The molecule has 0 radical (unpaired) electrons. The van der Waals surface area contributed by atoms with E-state index >= 15 is 0 Å². The number of rotatable bonds is 14. The molecule has 0 spiro atoms. The van der Waals surface area contributed by atoms with E-state index in [2.05, 4.69) is 33.9 Å². The summed E-state index contributed by atoms with van der Waals surface area (Å²) in [6.45, 7) is 13.0. The first kappa shape index (κ1) is 24.7. The molecular formula is C17H32O8Si. The number of hydrogen-bond acceptors (Lipinski definition) is 7. The minimum Gasteiger partial charge on any atom is -0.476 e. The summed E-state index contributed by atoms with van der Waals surface area (Å²) in [7, 11) is -1.74. The number of esters is 1. The Morgan fingerprint density at radius 3 is 1.85 bits per heavy atom. The van der Waals surface area contributed by atoms with Crippen LogP contribution in [-0.4, -0.2) is 70.8 Å². The van der Waals surface area contributed by atoms with E-state index in [-0.39, 0.29) is 31.1 Å². The molecule has 0 aliphatic rings. The lowest BCUT2D eigenvalue weighted by atomic mass is 10.2. The average Bonchev–Trinajstić information content (AvgIpc) is 2.52. The first-order valence-corrected chi connectivity index (χ1v) is 11.6. The van der Waals surface area contributed by atoms with E-state index < -0.39 is 26.0 Å². The van der Waals surface area contributed by atoms with Crippen molar-refractivity contribution in [2.24, 2.45) is 0 Å². The Hall–Kier alpha value is -1.29. The number of aliphatic carboxylic acids is 1. The Labute approximate surface area is 156 Å². The lowest BCUT2D eigenvalue weighted by Crippen LogP contribution is -2.41. The van der Waals surface area contributed by atoms with Crippen LogP contribution in [0.15, 0.2) is 0 Å². The van der Waals surface area contributed by atoms with Gasteiger partial charge in [0.1, 0.15) is 6.61 Å². The number of Topliss-reactive ketones (excluding diaryl/α,β-unsaturated/α-hetero) is 1. The van der Waals surface area contributed by atoms with Crippen molar-refractivity contribution in [1.29, 1.82) is 0 Å². The smallest absolute Gasteiger partial charge is 0.372 e. The Kier molecular flexibility index (Phi) is 11.6. The van der Waals surface area contributed by atoms with E-state index in [1.165, 1.54) is 0 Å². The van der Waals surface area contributed by atoms with E-state index in [1.54, 1.807) is 0 Å². The molecule has 26 heavy (non-hydrogen) atoms. The highest BCUT2D eigenvalue weighted by Crippen LogP contribution is 2.36. The SMILES string of the molecule is CC(C)(C)[Si](C)(C)OCCOCCOCCOC(=O)CCC(=O)C(=O)O. The first-order chi connectivity index (χ1) is 12.0. The van der Waals surface area contributed by atoms with Gasteiger partial charge in [-0.3, -0.25) is 9.59 Å². The van der Waals surface area contributed by atoms with Crippen LogP contribution in [0.4, 0.5) is 0 Å². The summed E-state index contributed by atoms with van der Waals surface area (Å²) in [5.41, 5.74) is 0. The molecule has 0 atom stereocenters. The number of hydrogen-bond donors (Lipinski definition) is 1. The van der Waals surface area contributed by atoms with Gasteiger partial charge in [-0.25, -0.2) is 4.79 Å². The van der Waals surface area contributed by atoms with E-state index in [1.807, 2.05) is 0 Å². The second-order valence-corrected chi connectivity index (χ2v) is 12.1. The topological polar surface area (TPSA) is 108 Å². The van der Waals surface area contributed by atoms with E-state index in [9.17, 15) is 14.4 Å². The Balaban J connectivity index is 3.51. The summed E-state index contributed by atoms with van der Waals surface area (Å²) in [6, 6.07) is 0. The minimum absolute atomic E-state index is 0.0502. The summed E-state index contributed by atoms with van der Waals surface area (Å²) >= 11 is 0. The Morgan fingerprint density at radius 2 is 1.35 bits per heavy atom. The molecule has 9 heteroatoms. The van der Waals surface area contributed by atoms with Crippen LogP contribution in [0.3, 0.4) is 0 Å². The molecule has 152 valence electrons. The van der Waals surface area contributed by atoms with Crippen LogP contribution >= 0.6 is 0 Å². The molecule has 1 N–H and O–H groups in total. The van der Waals surface area contributed by atoms with Crippen LogP contribution in [0.5, 0.6) is 0 Å². The zero-order valence-corrected chi connectivity index (χ0v) is 17.5. The number of ketones is 1. The minimum atomic E-state index is -1.74. The van der Waals surface area contributed by atoms with Gasteiger partial charge in [0.25, 0.3) is 0 Å². The third-order valence-electron chi connectivity index (χ3n) is 4.15. The van der Waals surface area contributed by atoms with Crippen molar-refractivity contribution in [3.05, 3.63) is 0 Å². The van der Waals surface area contributed by atoms with E-state index in [4.69, 9.17) is 23.7 Å². The van der Waals surface area contributed by atoms with Crippen molar-refractivity contribution >= 4 is 26.0 Å². The van der Waals surface area contributed by atoms with Crippen molar-refractivity contribution in [1.82, 2.24) is 0 Å². The van der Waals surface area contributed by atoms with Crippen LogP contribution in [0.25, 0.3) is 0 Å². The summed E-state index contributed by atoms with van der Waals surface area (Å²) in [5.74, 6) is -3.18. The summed E-state index contributed by atoms with van der Waals surface area (Å²) < 4.78 is 21.5. The molecule has 0 rings (SSSR count). The summed E-state index contributed by atoms with van der Waals surface area (Å²) in [5, 5.41) is 8.56. The molecule has 0 aromatic heterocycles. The molecule has 0 saturated carbocycles. The van der Waals surface area contributed by atoms with Gasteiger partial charge in [0, 0.05) is 6.42 Å². The fraction of sp³-hybridized carbons (Fsp3) is 0.824. The number of carboxylic acid groups (broad SMARTS) is 1. The maximum atomic E-state index is 11.3. The van der Waals surface area contributed by atoms with E-state index in [0.717, 1.165) is 0 Å². The molecule has 0 aromatic carbocycles. The van der Waals surface area contributed by atoms with Crippen molar-refractivity contribution in [3.63, 3.8) is 0 Å². The molecular weight excluding hydrogens is 360 g/mol. The van der Waals surface area contributed by atoms with Gasteiger partial charge in [-0.15, -0.1) is 0 Å². The molecule has 0 aliphatic heterocycles. The number of ether oxygens (including phenoxy) is 3. The zero-order valence-electron chi connectivity index (χ0n) is 16.5. The fourth-order valence-corrected chi connectivity index (χ4v) is 2.53. The average molecular weight is 393 g/mol. The highest BCUT2D eigenvalue weighted by molar-refractivity contribution is 6.74. The molecule has 8 nitrogen and oxygen atoms in total. The standard InChI is InChI=1S/C17H32O8Si/c1-17(2,3)26(4,5)25-13-11-23-9-8-22-10-12-24-15(19)7-6-14(18)16(20)21/h6-13H2,1-5H3,(H,20,21). The second kappa shape index (κ2) is 12.2. The molecule has 0 fully saturated rings. The van der Waals surface area contributed by atoms with Gasteiger partial charge in [0.15, 0.2) is 8.32 Å². The Morgan fingerprint density at radius 1 is 0.846 bits per heavy atom. The van der Waals surface area contributed by atoms with E-state index in [0.29, 0.717) is 26.4 Å². The molecule has 0 heterocycles. The maximum absolute atomic E-state index is 11.3. The van der Waals surface area contributed by atoms with Crippen LogP contribution in [0.2, 0.25) is 18.1 Å². The van der Waals surface area contributed by atoms with Crippen LogP contribution < -0.4 is 0 Å². The Bertz CT molecular complexity index is 456. The lowest BCUT2D eigenvalue weighted by molar-refractivity contribution is -0.151. The normalized spacial score (nSPS) is 12.0. The summed E-state index contributed by atoms with van der Waals surface area (Å²) in [6.07, 6.45) is -0.609. The van der Waals surface area contributed by atoms with Gasteiger partial charge >= 0.3 is 11.9 Å². The predicted molar refractivity (Wildman–Crippen MR) is 97.6 cm³/mol. The highest BCUT2D eigenvalue weighted by atomic mass is 28.4. The zero-order chi connectivity index (χ0) is 20.2. The van der Waals surface area contributed by atoms with Gasteiger partial charge in [-0.05, 0) is 18.1 Å². The third kappa shape index (κ3) is 11.3. The number of carbonyl (C=O) groups excluding carboxylic acids is 2. The predicted octanol–water partition coefficient (Wildman–Crippen LogP) is 2.02. The fourth-order valence-electron chi connectivity index (χ4n) is 1.50. The van der Waals surface area contributed by atoms with Gasteiger partial charge in [0.05, 0.1) is 39.5 Å². The van der Waals surface area contributed by atoms with Crippen LogP contribution in [-0.2, 0) is 33.0 Å². The number of carbonyl (C=O) groups is 3. The molecule has 0 aliphatic carbocycles. The lowest BCUT2D eigenvalue weighted by Gasteiger charge is -2.36. The van der Waals surface area contributed by atoms with Crippen molar-refractivity contribution in [2.75, 3.05) is 39.6 Å². The largest absolute Gasteiger partial charge is 0.476 e. The quantitative estimate of drug-likeness (QED) is 0.207. The molecule has 0 amide bonds. The van der Waals surface area contributed by atoms with Crippen LogP contribution in [0.1, 0.15) is 33.6 Å². The van der Waals surface area contributed by atoms with Crippen molar-refractivity contribution < 1.29 is 38.1 Å². The molecule has 0 bridgehead atoms. The van der Waals surface area contributed by atoms with Crippen molar-refractivity contribution in [2.45, 2.75) is 51.7 Å². The highest BCUT2D eigenvalue weighted by Gasteiger charge is 2.36. The van der Waals surface area contributed by atoms with Crippen molar-refractivity contribution in [3.8, 4) is 0 Å². The number of carboxylic acids is 1. The summed E-state index contributed by atoms with van der Waals surface area (Å²) in [4.78, 5) is 32.4.